The topological polar surface area (TPSA) is 32.8 Å². The Morgan fingerprint density at radius 1 is 1.50 bits per heavy atom. The maximum atomic E-state index is 11.6. The standard InChI is InChI=1S/C14H26N2O2/c1-11(2)8-14-6-5-7-16(14)10-12(9-14)18-13(17)15(3)4/h11-12H,5-10H2,1-4H3/t12-,14+/m0/s1. The van der Waals surface area contributed by atoms with Gasteiger partial charge in [-0.2, -0.15) is 0 Å². The second-order valence-corrected chi connectivity index (χ2v) is 6.48. The number of rotatable bonds is 3. The molecule has 18 heavy (non-hydrogen) atoms. The van der Waals surface area contributed by atoms with Gasteiger partial charge in [0, 0.05) is 32.6 Å². The van der Waals surface area contributed by atoms with E-state index in [0.29, 0.717) is 11.5 Å². The van der Waals surface area contributed by atoms with Crippen LogP contribution in [0.2, 0.25) is 0 Å². The lowest BCUT2D eigenvalue weighted by atomic mass is 9.85. The van der Waals surface area contributed by atoms with E-state index in [0.717, 1.165) is 13.0 Å². The minimum atomic E-state index is -0.208. The van der Waals surface area contributed by atoms with Crippen LogP contribution in [0.15, 0.2) is 0 Å². The van der Waals surface area contributed by atoms with E-state index in [1.54, 1.807) is 14.1 Å². The van der Waals surface area contributed by atoms with E-state index in [1.807, 2.05) is 0 Å². The van der Waals surface area contributed by atoms with Crippen molar-refractivity contribution in [3.63, 3.8) is 0 Å². The highest BCUT2D eigenvalue weighted by Gasteiger charge is 2.49. The molecular formula is C14H26N2O2. The van der Waals surface area contributed by atoms with Crippen LogP contribution in [0.1, 0.15) is 39.5 Å². The van der Waals surface area contributed by atoms with Crippen LogP contribution in [0.4, 0.5) is 4.79 Å². The summed E-state index contributed by atoms with van der Waals surface area (Å²) < 4.78 is 5.56. The largest absolute Gasteiger partial charge is 0.445 e. The first kappa shape index (κ1) is 13.7. The Hall–Kier alpha value is -0.770. The third kappa shape index (κ3) is 2.63. The number of carbonyl (C=O) groups excluding carboxylic acids is 1. The SMILES string of the molecule is CC(C)C[C@@]12CCCN1C[C@@H](OC(=O)N(C)C)C2. The molecule has 0 aromatic carbocycles. The van der Waals surface area contributed by atoms with Gasteiger partial charge in [-0.1, -0.05) is 13.8 Å². The first-order valence-electron chi connectivity index (χ1n) is 7.06. The molecule has 0 N–H and O–H groups in total. The minimum Gasteiger partial charge on any atom is -0.445 e. The molecule has 2 rings (SSSR count). The molecule has 4 nitrogen and oxygen atoms in total. The van der Waals surface area contributed by atoms with E-state index in [1.165, 1.54) is 30.7 Å². The third-order valence-electron chi connectivity index (χ3n) is 4.19. The van der Waals surface area contributed by atoms with Crippen LogP contribution in [0, 0.1) is 5.92 Å². The maximum Gasteiger partial charge on any atom is 0.409 e. The van der Waals surface area contributed by atoms with Gasteiger partial charge in [0.2, 0.25) is 0 Å². The average molecular weight is 254 g/mol. The van der Waals surface area contributed by atoms with E-state index in [2.05, 4.69) is 18.7 Å². The minimum absolute atomic E-state index is 0.0824. The van der Waals surface area contributed by atoms with Gasteiger partial charge in [0.05, 0.1) is 0 Å². The molecule has 0 radical (unpaired) electrons. The summed E-state index contributed by atoms with van der Waals surface area (Å²) in [6.07, 6.45) is 4.68. The normalized spacial score (nSPS) is 31.7. The summed E-state index contributed by atoms with van der Waals surface area (Å²) in [6.45, 7) is 6.66. The zero-order valence-corrected chi connectivity index (χ0v) is 12.1. The summed E-state index contributed by atoms with van der Waals surface area (Å²) in [4.78, 5) is 15.7. The predicted octanol–water partition coefficient (Wildman–Crippen LogP) is 2.34. The molecule has 2 aliphatic heterocycles. The monoisotopic (exact) mass is 254 g/mol. The lowest BCUT2D eigenvalue weighted by Crippen LogP contribution is -2.39. The summed E-state index contributed by atoms with van der Waals surface area (Å²) >= 11 is 0. The van der Waals surface area contributed by atoms with Crippen molar-refractivity contribution in [2.45, 2.75) is 51.2 Å². The second-order valence-electron chi connectivity index (χ2n) is 6.48. The number of ether oxygens (including phenoxy) is 1. The first-order chi connectivity index (χ1) is 8.43. The Morgan fingerprint density at radius 3 is 2.83 bits per heavy atom. The molecule has 0 unspecified atom stereocenters. The molecule has 0 bridgehead atoms. The van der Waals surface area contributed by atoms with E-state index in [9.17, 15) is 4.79 Å². The molecule has 0 aromatic heterocycles. The fourth-order valence-electron chi connectivity index (χ4n) is 3.65. The number of fused-ring (bicyclic) bond motifs is 1. The molecule has 0 aliphatic carbocycles. The summed E-state index contributed by atoms with van der Waals surface area (Å²) in [5, 5.41) is 0. The number of amides is 1. The van der Waals surface area contributed by atoms with Crippen LogP contribution in [0.3, 0.4) is 0 Å². The van der Waals surface area contributed by atoms with Crippen molar-refractivity contribution >= 4 is 6.09 Å². The summed E-state index contributed by atoms with van der Waals surface area (Å²) in [5.74, 6) is 0.703. The van der Waals surface area contributed by atoms with Gasteiger partial charge >= 0.3 is 6.09 Å². The van der Waals surface area contributed by atoms with Crippen LogP contribution >= 0.6 is 0 Å². The molecular weight excluding hydrogens is 228 g/mol. The summed E-state index contributed by atoms with van der Waals surface area (Å²) in [6, 6.07) is 0. The van der Waals surface area contributed by atoms with Gasteiger partial charge < -0.3 is 9.64 Å². The Kier molecular flexibility index (Phi) is 3.85. The molecule has 0 spiro atoms. The lowest BCUT2D eigenvalue weighted by molar-refractivity contribution is 0.0769. The quantitative estimate of drug-likeness (QED) is 0.775. The summed E-state index contributed by atoms with van der Waals surface area (Å²) in [5.41, 5.74) is 0.311. The highest BCUT2D eigenvalue weighted by Crippen LogP contribution is 2.44. The number of nitrogens with zero attached hydrogens (tertiary/aromatic N) is 2. The molecule has 0 saturated carbocycles. The van der Waals surface area contributed by atoms with Gasteiger partial charge in [0.15, 0.2) is 0 Å². The molecule has 1 amide bonds. The molecule has 2 atom stereocenters. The van der Waals surface area contributed by atoms with Crippen LogP contribution in [-0.4, -0.2) is 54.7 Å². The van der Waals surface area contributed by atoms with Crippen molar-refractivity contribution in [2.24, 2.45) is 5.92 Å². The molecule has 2 heterocycles. The first-order valence-corrected chi connectivity index (χ1v) is 7.06. The van der Waals surface area contributed by atoms with Gasteiger partial charge in [0.25, 0.3) is 0 Å². The predicted molar refractivity (Wildman–Crippen MR) is 71.6 cm³/mol. The van der Waals surface area contributed by atoms with Gasteiger partial charge in [-0.3, -0.25) is 4.90 Å². The van der Waals surface area contributed by atoms with Gasteiger partial charge in [-0.25, -0.2) is 4.79 Å². The fraction of sp³-hybridized carbons (Fsp3) is 0.929. The van der Waals surface area contributed by atoms with Crippen LogP contribution in [0.5, 0.6) is 0 Å². The van der Waals surface area contributed by atoms with E-state index < -0.39 is 0 Å². The van der Waals surface area contributed by atoms with Gasteiger partial charge in [-0.15, -0.1) is 0 Å². The van der Waals surface area contributed by atoms with Crippen LogP contribution in [0.25, 0.3) is 0 Å². The fourth-order valence-corrected chi connectivity index (χ4v) is 3.65. The average Bonchev–Trinajstić information content (AvgIpc) is 2.72. The number of hydrogen-bond donors (Lipinski definition) is 0. The van der Waals surface area contributed by atoms with E-state index in [-0.39, 0.29) is 12.2 Å². The van der Waals surface area contributed by atoms with Crippen LogP contribution in [-0.2, 0) is 4.74 Å². The smallest absolute Gasteiger partial charge is 0.409 e. The van der Waals surface area contributed by atoms with Crippen molar-refractivity contribution in [2.75, 3.05) is 27.2 Å². The Morgan fingerprint density at radius 2 is 2.22 bits per heavy atom. The zero-order valence-electron chi connectivity index (χ0n) is 12.1. The van der Waals surface area contributed by atoms with Crippen molar-refractivity contribution in [1.29, 1.82) is 0 Å². The van der Waals surface area contributed by atoms with E-state index in [4.69, 9.17) is 4.74 Å². The molecule has 2 aliphatic rings. The van der Waals surface area contributed by atoms with E-state index >= 15 is 0 Å². The van der Waals surface area contributed by atoms with Crippen molar-refractivity contribution in [3.05, 3.63) is 0 Å². The molecule has 4 heteroatoms. The van der Waals surface area contributed by atoms with Crippen LogP contribution < -0.4 is 0 Å². The summed E-state index contributed by atoms with van der Waals surface area (Å²) in [7, 11) is 3.48. The molecule has 0 aromatic rings. The van der Waals surface area contributed by atoms with Gasteiger partial charge in [0.1, 0.15) is 6.10 Å². The molecule has 2 fully saturated rings. The Bertz CT molecular complexity index is 317. The highest BCUT2D eigenvalue weighted by molar-refractivity contribution is 5.67. The lowest BCUT2D eigenvalue weighted by Gasteiger charge is -2.33. The molecule has 104 valence electrons. The van der Waals surface area contributed by atoms with Gasteiger partial charge in [-0.05, 0) is 31.7 Å². The van der Waals surface area contributed by atoms with Crippen molar-refractivity contribution in [3.8, 4) is 0 Å². The third-order valence-corrected chi connectivity index (χ3v) is 4.19. The second kappa shape index (κ2) is 5.08. The van der Waals surface area contributed by atoms with Crippen molar-refractivity contribution in [1.82, 2.24) is 9.80 Å². The Labute approximate surface area is 110 Å². The maximum absolute atomic E-state index is 11.6. The van der Waals surface area contributed by atoms with Crippen molar-refractivity contribution < 1.29 is 9.53 Å². The Balaban J connectivity index is 1.98. The number of carbonyl (C=O) groups is 1. The molecule has 2 saturated heterocycles. The highest BCUT2D eigenvalue weighted by atomic mass is 16.6. The number of hydrogen-bond acceptors (Lipinski definition) is 3. The zero-order chi connectivity index (χ0) is 13.3.